The van der Waals surface area contributed by atoms with Crippen LogP contribution in [0.5, 0.6) is 0 Å². The summed E-state index contributed by atoms with van der Waals surface area (Å²) in [6, 6.07) is 2.04. The minimum absolute atomic E-state index is 0.0209. The molecule has 7 heteroatoms. The standard InChI is InChI=1S/C12H18ClFN2O2S/c1-4-16(8(2)3)19(17,18)10-5-9(7-15)12(13)11(14)6-10/h5-6,8H,4,7,15H2,1-3H3. The molecule has 0 spiro atoms. The van der Waals surface area contributed by atoms with E-state index in [0.29, 0.717) is 6.54 Å². The average molecular weight is 309 g/mol. The number of rotatable bonds is 5. The van der Waals surface area contributed by atoms with Crippen molar-refractivity contribution >= 4 is 21.6 Å². The molecule has 0 saturated carbocycles. The highest BCUT2D eigenvalue weighted by atomic mass is 35.5. The average Bonchev–Trinajstić information content (AvgIpc) is 2.32. The molecule has 0 aliphatic rings. The third-order valence-corrected chi connectivity index (χ3v) is 5.34. The van der Waals surface area contributed by atoms with E-state index in [1.165, 1.54) is 10.4 Å². The van der Waals surface area contributed by atoms with Crippen molar-refractivity contribution in [1.29, 1.82) is 0 Å². The summed E-state index contributed by atoms with van der Waals surface area (Å²) in [5.41, 5.74) is 5.72. The molecule has 4 nitrogen and oxygen atoms in total. The summed E-state index contributed by atoms with van der Waals surface area (Å²) in [5.74, 6) is -0.775. The maximum absolute atomic E-state index is 13.7. The van der Waals surface area contributed by atoms with Crippen LogP contribution < -0.4 is 5.73 Å². The highest BCUT2D eigenvalue weighted by Gasteiger charge is 2.27. The van der Waals surface area contributed by atoms with Crippen molar-refractivity contribution in [3.63, 3.8) is 0 Å². The van der Waals surface area contributed by atoms with E-state index in [1.807, 2.05) is 0 Å². The molecule has 1 rings (SSSR count). The SMILES string of the molecule is CCN(C(C)C)S(=O)(=O)c1cc(F)c(Cl)c(CN)c1. The largest absolute Gasteiger partial charge is 0.326 e. The van der Waals surface area contributed by atoms with Gasteiger partial charge in [0.1, 0.15) is 5.82 Å². The number of benzene rings is 1. The van der Waals surface area contributed by atoms with Gasteiger partial charge in [-0.25, -0.2) is 12.8 Å². The van der Waals surface area contributed by atoms with E-state index >= 15 is 0 Å². The van der Waals surface area contributed by atoms with Crippen molar-refractivity contribution in [2.24, 2.45) is 5.73 Å². The zero-order chi connectivity index (χ0) is 14.8. The second-order valence-electron chi connectivity index (χ2n) is 4.38. The Morgan fingerprint density at radius 1 is 1.42 bits per heavy atom. The Bertz CT molecular complexity index is 561. The maximum Gasteiger partial charge on any atom is 0.243 e. The molecule has 0 radical (unpaired) electrons. The van der Waals surface area contributed by atoms with Gasteiger partial charge in [-0.15, -0.1) is 0 Å². The van der Waals surface area contributed by atoms with E-state index < -0.39 is 15.8 Å². The van der Waals surface area contributed by atoms with Crippen molar-refractivity contribution in [2.75, 3.05) is 6.54 Å². The number of halogens is 2. The topological polar surface area (TPSA) is 63.4 Å². The minimum Gasteiger partial charge on any atom is -0.326 e. The molecule has 0 atom stereocenters. The van der Waals surface area contributed by atoms with Crippen LogP contribution in [0.1, 0.15) is 26.3 Å². The Kier molecular flexibility index (Phi) is 5.32. The van der Waals surface area contributed by atoms with Crippen molar-refractivity contribution < 1.29 is 12.8 Å². The highest BCUT2D eigenvalue weighted by Crippen LogP contribution is 2.26. The fourth-order valence-electron chi connectivity index (χ4n) is 1.86. The molecule has 0 aliphatic heterocycles. The molecule has 0 bridgehead atoms. The first-order valence-corrected chi connectivity index (χ1v) is 7.77. The number of hydrogen-bond donors (Lipinski definition) is 1. The summed E-state index contributed by atoms with van der Waals surface area (Å²) in [4.78, 5) is -0.120. The fourth-order valence-corrected chi connectivity index (χ4v) is 3.76. The molecule has 0 aromatic heterocycles. The van der Waals surface area contributed by atoms with E-state index in [9.17, 15) is 12.8 Å². The first-order valence-electron chi connectivity index (χ1n) is 5.95. The van der Waals surface area contributed by atoms with E-state index in [4.69, 9.17) is 17.3 Å². The van der Waals surface area contributed by atoms with Crippen LogP contribution in [0.3, 0.4) is 0 Å². The van der Waals surface area contributed by atoms with Crippen LogP contribution in [0.4, 0.5) is 4.39 Å². The van der Waals surface area contributed by atoms with Gasteiger partial charge in [-0.1, -0.05) is 18.5 Å². The second-order valence-corrected chi connectivity index (χ2v) is 6.65. The van der Waals surface area contributed by atoms with Crippen molar-refractivity contribution in [3.05, 3.63) is 28.5 Å². The lowest BCUT2D eigenvalue weighted by atomic mass is 10.2. The van der Waals surface area contributed by atoms with Crippen LogP contribution in [0.25, 0.3) is 0 Å². The van der Waals surface area contributed by atoms with Crippen molar-refractivity contribution in [1.82, 2.24) is 4.31 Å². The second kappa shape index (κ2) is 6.17. The van der Waals surface area contributed by atoms with Gasteiger partial charge in [0.2, 0.25) is 10.0 Å². The molecule has 0 saturated heterocycles. The van der Waals surface area contributed by atoms with Crippen LogP contribution in [-0.4, -0.2) is 25.3 Å². The zero-order valence-corrected chi connectivity index (χ0v) is 12.7. The van der Waals surface area contributed by atoms with Crippen LogP contribution in [0.2, 0.25) is 5.02 Å². The van der Waals surface area contributed by atoms with Crippen molar-refractivity contribution in [3.8, 4) is 0 Å². The van der Waals surface area contributed by atoms with E-state index in [1.54, 1.807) is 20.8 Å². The van der Waals surface area contributed by atoms with Gasteiger partial charge in [-0.2, -0.15) is 4.31 Å². The van der Waals surface area contributed by atoms with Gasteiger partial charge in [0, 0.05) is 19.1 Å². The molecule has 0 unspecified atom stereocenters. The van der Waals surface area contributed by atoms with Crippen molar-refractivity contribution in [2.45, 2.75) is 38.3 Å². The summed E-state index contributed by atoms with van der Waals surface area (Å²) in [7, 11) is -3.74. The van der Waals surface area contributed by atoms with Gasteiger partial charge in [0.25, 0.3) is 0 Å². The molecule has 108 valence electrons. The zero-order valence-electron chi connectivity index (χ0n) is 11.2. The van der Waals surface area contributed by atoms with E-state index in [-0.39, 0.29) is 28.1 Å². The molecular weight excluding hydrogens is 291 g/mol. The summed E-state index contributed by atoms with van der Waals surface area (Å²) in [6.45, 7) is 5.54. The number of nitrogens with two attached hydrogens (primary N) is 1. The molecule has 0 fully saturated rings. The lowest BCUT2D eigenvalue weighted by Crippen LogP contribution is -2.36. The van der Waals surface area contributed by atoms with Crippen LogP contribution >= 0.6 is 11.6 Å². The van der Waals surface area contributed by atoms with Gasteiger partial charge in [-0.05, 0) is 31.5 Å². The molecule has 0 heterocycles. The monoisotopic (exact) mass is 308 g/mol. The quantitative estimate of drug-likeness (QED) is 0.908. The highest BCUT2D eigenvalue weighted by molar-refractivity contribution is 7.89. The predicted octanol–water partition coefficient (Wildman–Crippen LogP) is 2.36. The van der Waals surface area contributed by atoms with Gasteiger partial charge in [0.15, 0.2) is 0 Å². The Balaban J connectivity index is 3.41. The molecule has 19 heavy (non-hydrogen) atoms. The lowest BCUT2D eigenvalue weighted by molar-refractivity contribution is 0.369. The van der Waals surface area contributed by atoms with Crippen LogP contribution in [0.15, 0.2) is 17.0 Å². The van der Waals surface area contributed by atoms with Gasteiger partial charge in [-0.3, -0.25) is 0 Å². The fraction of sp³-hybridized carbons (Fsp3) is 0.500. The number of nitrogens with zero attached hydrogens (tertiary/aromatic N) is 1. The Morgan fingerprint density at radius 3 is 2.42 bits per heavy atom. The van der Waals surface area contributed by atoms with Gasteiger partial charge < -0.3 is 5.73 Å². The Morgan fingerprint density at radius 2 is 2.00 bits per heavy atom. The predicted molar refractivity (Wildman–Crippen MR) is 74.0 cm³/mol. The summed E-state index contributed by atoms with van der Waals surface area (Å²) < 4.78 is 39.8. The first-order chi connectivity index (χ1) is 8.75. The van der Waals surface area contributed by atoms with Gasteiger partial charge in [0.05, 0.1) is 9.92 Å². The summed E-state index contributed by atoms with van der Waals surface area (Å²) in [6.07, 6.45) is 0. The van der Waals surface area contributed by atoms with E-state index in [0.717, 1.165) is 6.07 Å². The smallest absolute Gasteiger partial charge is 0.243 e. The van der Waals surface area contributed by atoms with Crippen LogP contribution in [0, 0.1) is 5.82 Å². The molecule has 0 amide bonds. The molecular formula is C12H18ClFN2O2S. The summed E-state index contributed by atoms with van der Waals surface area (Å²) in [5, 5.41) is -0.131. The third-order valence-electron chi connectivity index (χ3n) is 2.79. The Labute approximate surface area is 118 Å². The third kappa shape index (κ3) is 3.25. The van der Waals surface area contributed by atoms with Crippen LogP contribution in [-0.2, 0) is 16.6 Å². The molecule has 0 aliphatic carbocycles. The first kappa shape index (κ1) is 16.4. The molecule has 2 N–H and O–H groups in total. The molecule has 1 aromatic carbocycles. The lowest BCUT2D eigenvalue weighted by Gasteiger charge is -2.24. The molecule has 1 aromatic rings. The van der Waals surface area contributed by atoms with Gasteiger partial charge >= 0.3 is 0 Å². The number of sulfonamides is 1. The maximum atomic E-state index is 13.7. The summed E-state index contributed by atoms with van der Waals surface area (Å²) >= 11 is 5.73. The Hall–Kier alpha value is -0.690. The van der Waals surface area contributed by atoms with E-state index in [2.05, 4.69) is 0 Å². The minimum atomic E-state index is -3.74. The normalized spacial score (nSPS) is 12.4. The number of hydrogen-bond acceptors (Lipinski definition) is 3.